The van der Waals surface area contributed by atoms with Crippen LogP contribution in [0.2, 0.25) is 0 Å². The molecule has 0 saturated heterocycles. The number of amides is 1. The van der Waals surface area contributed by atoms with Crippen LogP contribution in [0.15, 0.2) is 18.2 Å². The van der Waals surface area contributed by atoms with Crippen molar-refractivity contribution in [1.82, 2.24) is 5.32 Å². The zero-order valence-corrected chi connectivity index (χ0v) is 12.0. The normalized spacial score (nSPS) is 10.8. The van der Waals surface area contributed by atoms with E-state index >= 15 is 0 Å². The zero-order chi connectivity index (χ0) is 16.2. The van der Waals surface area contributed by atoms with Gasteiger partial charge in [-0.3, -0.25) is 14.9 Å². The number of nitro groups is 1. The van der Waals surface area contributed by atoms with Gasteiger partial charge in [0.25, 0.3) is 5.69 Å². The summed E-state index contributed by atoms with van der Waals surface area (Å²) in [4.78, 5) is 32.8. The number of nitro benzene ring substituents is 1. The van der Waals surface area contributed by atoms with E-state index in [1.165, 1.54) is 19.2 Å². The van der Waals surface area contributed by atoms with E-state index in [2.05, 4.69) is 10.6 Å². The summed E-state index contributed by atoms with van der Waals surface area (Å²) in [5.74, 6) is -1.45. The summed E-state index contributed by atoms with van der Waals surface area (Å²) in [6.07, 6.45) is 0. The van der Waals surface area contributed by atoms with Gasteiger partial charge in [0, 0.05) is 19.7 Å². The highest BCUT2D eigenvalue weighted by Gasteiger charge is 2.27. The van der Waals surface area contributed by atoms with E-state index in [9.17, 15) is 19.7 Å². The topological polar surface area (TPSA) is 122 Å². The molecule has 0 aliphatic rings. The highest BCUT2D eigenvalue weighted by Crippen LogP contribution is 2.27. The van der Waals surface area contributed by atoms with Gasteiger partial charge in [0.15, 0.2) is 0 Å². The first-order valence-electron chi connectivity index (χ1n) is 6.17. The molecule has 0 bridgehead atoms. The van der Waals surface area contributed by atoms with Crippen LogP contribution in [0.25, 0.3) is 0 Å². The van der Waals surface area contributed by atoms with Crippen molar-refractivity contribution in [3.63, 3.8) is 0 Å². The van der Waals surface area contributed by atoms with Crippen molar-refractivity contribution >= 4 is 23.3 Å². The Morgan fingerprint density at radius 2 is 2.00 bits per heavy atom. The molecule has 114 valence electrons. The smallest absolute Gasteiger partial charge is 0.335 e. The van der Waals surface area contributed by atoms with Crippen molar-refractivity contribution in [2.24, 2.45) is 5.41 Å². The number of rotatable bonds is 6. The van der Waals surface area contributed by atoms with Crippen molar-refractivity contribution in [3.8, 4) is 0 Å². The van der Waals surface area contributed by atoms with Crippen molar-refractivity contribution in [2.75, 3.05) is 18.9 Å². The van der Waals surface area contributed by atoms with E-state index in [-0.39, 0.29) is 29.4 Å². The number of benzene rings is 1. The molecule has 8 nitrogen and oxygen atoms in total. The first-order valence-corrected chi connectivity index (χ1v) is 6.17. The lowest BCUT2D eigenvalue weighted by atomic mass is 9.92. The third kappa shape index (κ3) is 3.91. The summed E-state index contributed by atoms with van der Waals surface area (Å²) in [5, 5.41) is 25.2. The van der Waals surface area contributed by atoms with E-state index in [1.807, 2.05) is 0 Å². The quantitative estimate of drug-likeness (QED) is 0.539. The number of carboxylic acid groups (broad SMARTS) is 1. The number of carbonyl (C=O) groups is 2. The average molecular weight is 295 g/mol. The molecule has 0 unspecified atom stereocenters. The molecular weight excluding hydrogens is 278 g/mol. The first-order chi connectivity index (χ1) is 9.69. The van der Waals surface area contributed by atoms with Gasteiger partial charge in [0.1, 0.15) is 5.69 Å². The lowest BCUT2D eigenvalue weighted by molar-refractivity contribution is -0.384. The SMILES string of the molecule is CNC(=O)C(C)(C)CNc1ccc(C(=O)O)cc1[N+](=O)[O-]. The molecule has 1 aromatic carbocycles. The van der Waals surface area contributed by atoms with Crippen LogP contribution in [0.4, 0.5) is 11.4 Å². The fraction of sp³-hybridized carbons (Fsp3) is 0.385. The highest BCUT2D eigenvalue weighted by molar-refractivity contribution is 5.90. The molecule has 8 heteroatoms. The van der Waals surface area contributed by atoms with E-state index in [0.717, 1.165) is 6.07 Å². The summed E-state index contributed by atoms with van der Waals surface area (Å²) in [6, 6.07) is 3.57. The second-order valence-electron chi connectivity index (χ2n) is 5.11. The molecule has 0 fully saturated rings. The molecule has 0 heterocycles. The Labute approximate surface area is 121 Å². The number of aromatic carboxylic acids is 1. The summed E-state index contributed by atoms with van der Waals surface area (Å²) in [7, 11) is 1.51. The lowest BCUT2D eigenvalue weighted by Gasteiger charge is -2.23. The summed E-state index contributed by atoms with van der Waals surface area (Å²) < 4.78 is 0. The minimum absolute atomic E-state index is 0.167. The molecular formula is C13H17N3O5. The molecule has 0 atom stereocenters. The highest BCUT2D eigenvalue weighted by atomic mass is 16.6. The maximum absolute atomic E-state index is 11.7. The Morgan fingerprint density at radius 1 is 1.38 bits per heavy atom. The van der Waals surface area contributed by atoms with Gasteiger partial charge in [0.05, 0.1) is 15.9 Å². The van der Waals surface area contributed by atoms with Gasteiger partial charge >= 0.3 is 5.97 Å². The van der Waals surface area contributed by atoms with Crippen LogP contribution in [0, 0.1) is 15.5 Å². The minimum Gasteiger partial charge on any atom is -0.478 e. The molecule has 0 radical (unpaired) electrons. The van der Waals surface area contributed by atoms with Crippen molar-refractivity contribution in [3.05, 3.63) is 33.9 Å². The zero-order valence-electron chi connectivity index (χ0n) is 12.0. The number of carboxylic acids is 1. The Kier molecular flexibility index (Phi) is 4.85. The number of nitrogens with zero attached hydrogens (tertiary/aromatic N) is 1. The lowest BCUT2D eigenvalue weighted by Crippen LogP contribution is -2.39. The van der Waals surface area contributed by atoms with E-state index in [4.69, 9.17) is 5.11 Å². The second kappa shape index (κ2) is 6.21. The number of anilines is 1. The van der Waals surface area contributed by atoms with Gasteiger partial charge in [-0.05, 0) is 26.0 Å². The maximum Gasteiger partial charge on any atom is 0.335 e. The third-order valence-corrected chi connectivity index (χ3v) is 3.00. The summed E-state index contributed by atoms with van der Waals surface area (Å²) in [6.45, 7) is 3.55. The fourth-order valence-electron chi connectivity index (χ4n) is 1.70. The molecule has 0 aromatic heterocycles. The number of hydrogen-bond acceptors (Lipinski definition) is 5. The van der Waals surface area contributed by atoms with Gasteiger partial charge < -0.3 is 15.7 Å². The van der Waals surface area contributed by atoms with Gasteiger partial charge in [-0.2, -0.15) is 0 Å². The molecule has 0 spiro atoms. The Morgan fingerprint density at radius 3 is 2.48 bits per heavy atom. The maximum atomic E-state index is 11.7. The van der Waals surface area contributed by atoms with Crippen LogP contribution in [0.5, 0.6) is 0 Å². The molecule has 0 saturated carbocycles. The number of carbonyl (C=O) groups excluding carboxylic acids is 1. The van der Waals surface area contributed by atoms with Crippen molar-refractivity contribution < 1.29 is 19.6 Å². The molecule has 3 N–H and O–H groups in total. The van der Waals surface area contributed by atoms with Crippen molar-refractivity contribution in [1.29, 1.82) is 0 Å². The summed E-state index contributed by atoms with van der Waals surface area (Å²) in [5.41, 5.74) is -1.11. The second-order valence-corrected chi connectivity index (χ2v) is 5.11. The van der Waals surface area contributed by atoms with E-state index in [0.29, 0.717) is 0 Å². The number of hydrogen-bond donors (Lipinski definition) is 3. The van der Waals surface area contributed by atoms with Gasteiger partial charge in [-0.25, -0.2) is 4.79 Å². The molecule has 0 aliphatic carbocycles. The standard InChI is InChI=1S/C13H17N3O5/c1-13(2,12(19)14-3)7-15-9-5-4-8(11(17)18)6-10(9)16(20)21/h4-6,15H,7H2,1-3H3,(H,14,19)(H,17,18). The molecule has 1 aromatic rings. The Hall–Kier alpha value is -2.64. The minimum atomic E-state index is -1.24. The molecule has 0 aliphatic heterocycles. The monoisotopic (exact) mass is 295 g/mol. The van der Waals surface area contributed by atoms with Crippen LogP contribution >= 0.6 is 0 Å². The predicted octanol–water partition coefficient (Wildman–Crippen LogP) is 1.48. The van der Waals surface area contributed by atoms with Crippen molar-refractivity contribution in [2.45, 2.75) is 13.8 Å². The van der Waals surface area contributed by atoms with Crippen LogP contribution in [0.3, 0.4) is 0 Å². The molecule has 1 amide bonds. The third-order valence-electron chi connectivity index (χ3n) is 3.00. The Bertz CT molecular complexity index is 583. The predicted molar refractivity (Wildman–Crippen MR) is 76.4 cm³/mol. The van der Waals surface area contributed by atoms with Crippen LogP contribution in [-0.4, -0.2) is 35.5 Å². The largest absolute Gasteiger partial charge is 0.478 e. The van der Waals surface area contributed by atoms with Crippen LogP contribution in [-0.2, 0) is 4.79 Å². The fourth-order valence-corrected chi connectivity index (χ4v) is 1.70. The van der Waals surface area contributed by atoms with Crippen LogP contribution < -0.4 is 10.6 Å². The van der Waals surface area contributed by atoms with E-state index in [1.54, 1.807) is 13.8 Å². The molecule has 21 heavy (non-hydrogen) atoms. The van der Waals surface area contributed by atoms with Gasteiger partial charge in [-0.1, -0.05) is 0 Å². The van der Waals surface area contributed by atoms with E-state index < -0.39 is 16.3 Å². The molecule has 1 rings (SSSR count). The first kappa shape index (κ1) is 16.4. The summed E-state index contributed by atoms with van der Waals surface area (Å²) >= 11 is 0. The average Bonchev–Trinajstić information content (AvgIpc) is 2.43. The Balaban J connectivity index is 3.01. The number of nitrogens with one attached hydrogen (secondary N) is 2. The van der Waals surface area contributed by atoms with Gasteiger partial charge in [0.2, 0.25) is 5.91 Å². The van der Waals surface area contributed by atoms with Gasteiger partial charge in [-0.15, -0.1) is 0 Å². The van der Waals surface area contributed by atoms with Crippen LogP contribution in [0.1, 0.15) is 24.2 Å².